The van der Waals surface area contributed by atoms with Crippen molar-refractivity contribution in [3.05, 3.63) is 34.9 Å². The molecule has 0 aliphatic carbocycles. The zero-order valence-electron chi connectivity index (χ0n) is 9.58. The van der Waals surface area contributed by atoms with Crippen LogP contribution in [0, 0.1) is 13.8 Å². The second kappa shape index (κ2) is 4.96. The van der Waals surface area contributed by atoms with E-state index in [1.165, 1.54) is 16.7 Å². The molecule has 0 aromatic heterocycles. The molecule has 15 heavy (non-hydrogen) atoms. The van der Waals surface area contributed by atoms with Gasteiger partial charge in [0.05, 0.1) is 0 Å². The van der Waals surface area contributed by atoms with Crippen LogP contribution in [0.5, 0.6) is 0 Å². The van der Waals surface area contributed by atoms with Crippen molar-refractivity contribution in [2.75, 3.05) is 0 Å². The fourth-order valence-corrected chi connectivity index (χ4v) is 1.58. The molecule has 1 atom stereocenters. The SMILES string of the molecule is Cc1ccc(C(C)CCC(=O)O)cc1C. The van der Waals surface area contributed by atoms with E-state index in [4.69, 9.17) is 5.11 Å². The highest BCUT2D eigenvalue weighted by Gasteiger charge is 2.08. The van der Waals surface area contributed by atoms with E-state index in [9.17, 15) is 4.79 Å². The molecular formula is C13H18O2. The Bertz CT molecular complexity index is 356. The van der Waals surface area contributed by atoms with Crippen LogP contribution < -0.4 is 0 Å². The Morgan fingerprint density at radius 3 is 2.53 bits per heavy atom. The van der Waals surface area contributed by atoms with Gasteiger partial charge in [0, 0.05) is 6.42 Å². The van der Waals surface area contributed by atoms with Crippen molar-refractivity contribution in [3.63, 3.8) is 0 Å². The minimum Gasteiger partial charge on any atom is -0.481 e. The van der Waals surface area contributed by atoms with Crippen molar-refractivity contribution >= 4 is 5.97 Å². The zero-order chi connectivity index (χ0) is 11.4. The Morgan fingerprint density at radius 2 is 2.00 bits per heavy atom. The minimum absolute atomic E-state index is 0.244. The lowest BCUT2D eigenvalue weighted by atomic mass is 9.93. The first-order valence-electron chi connectivity index (χ1n) is 5.29. The molecule has 2 nitrogen and oxygen atoms in total. The molecule has 0 saturated heterocycles. The van der Waals surface area contributed by atoms with Crippen molar-refractivity contribution in [1.82, 2.24) is 0 Å². The third-order valence-corrected chi connectivity index (χ3v) is 2.89. The Kier molecular flexibility index (Phi) is 3.89. The molecule has 2 heteroatoms. The summed E-state index contributed by atoms with van der Waals surface area (Å²) < 4.78 is 0. The number of aryl methyl sites for hydroxylation is 2. The zero-order valence-corrected chi connectivity index (χ0v) is 9.58. The van der Waals surface area contributed by atoms with E-state index in [1.807, 2.05) is 0 Å². The van der Waals surface area contributed by atoms with Crippen LogP contribution in [0.15, 0.2) is 18.2 Å². The number of carboxylic acid groups (broad SMARTS) is 1. The van der Waals surface area contributed by atoms with Crippen molar-refractivity contribution in [2.45, 2.75) is 39.5 Å². The predicted octanol–water partition coefficient (Wildman–Crippen LogP) is 3.27. The molecule has 0 saturated carbocycles. The number of benzene rings is 1. The molecule has 0 spiro atoms. The van der Waals surface area contributed by atoms with Gasteiger partial charge in [0.2, 0.25) is 0 Å². The molecule has 1 aromatic carbocycles. The quantitative estimate of drug-likeness (QED) is 0.820. The Hall–Kier alpha value is -1.31. The van der Waals surface area contributed by atoms with E-state index in [1.54, 1.807) is 0 Å². The van der Waals surface area contributed by atoms with Gasteiger partial charge in [0.15, 0.2) is 0 Å². The number of aliphatic carboxylic acids is 1. The summed E-state index contributed by atoms with van der Waals surface area (Å²) >= 11 is 0. The Balaban J connectivity index is 2.69. The van der Waals surface area contributed by atoms with Gasteiger partial charge in [-0.2, -0.15) is 0 Å². The molecule has 82 valence electrons. The molecular weight excluding hydrogens is 188 g/mol. The van der Waals surface area contributed by atoms with Crippen LogP contribution in [0.2, 0.25) is 0 Å². The summed E-state index contributed by atoms with van der Waals surface area (Å²) in [4.78, 5) is 10.5. The fourth-order valence-electron chi connectivity index (χ4n) is 1.58. The highest BCUT2D eigenvalue weighted by atomic mass is 16.4. The lowest BCUT2D eigenvalue weighted by Gasteiger charge is -2.12. The molecule has 0 radical (unpaired) electrons. The van der Waals surface area contributed by atoms with E-state index in [0.29, 0.717) is 12.3 Å². The summed E-state index contributed by atoms with van der Waals surface area (Å²) in [5.74, 6) is -0.397. The summed E-state index contributed by atoms with van der Waals surface area (Å²) in [5.41, 5.74) is 3.79. The third kappa shape index (κ3) is 3.39. The van der Waals surface area contributed by atoms with E-state index < -0.39 is 5.97 Å². The van der Waals surface area contributed by atoms with Crippen LogP contribution in [-0.2, 0) is 4.79 Å². The fraction of sp³-hybridized carbons (Fsp3) is 0.462. The molecule has 0 bridgehead atoms. The maximum atomic E-state index is 10.5. The number of hydrogen-bond donors (Lipinski definition) is 1. The predicted molar refractivity (Wildman–Crippen MR) is 61.2 cm³/mol. The normalized spacial score (nSPS) is 12.5. The molecule has 0 heterocycles. The molecule has 0 aliphatic heterocycles. The van der Waals surface area contributed by atoms with Crippen LogP contribution in [0.1, 0.15) is 42.4 Å². The van der Waals surface area contributed by atoms with Crippen molar-refractivity contribution in [1.29, 1.82) is 0 Å². The molecule has 1 aromatic rings. The maximum absolute atomic E-state index is 10.5. The number of hydrogen-bond acceptors (Lipinski definition) is 1. The summed E-state index contributed by atoms with van der Waals surface area (Å²) in [6, 6.07) is 6.35. The minimum atomic E-state index is -0.717. The average molecular weight is 206 g/mol. The van der Waals surface area contributed by atoms with Crippen LogP contribution in [0.4, 0.5) is 0 Å². The molecule has 0 amide bonds. The van der Waals surface area contributed by atoms with E-state index in [0.717, 1.165) is 0 Å². The molecule has 1 rings (SSSR count). The van der Waals surface area contributed by atoms with E-state index >= 15 is 0 Å². The third-order valence-electron chi connectivity index (χ3n) is 2.89. The van der Waals surface area contributed by atoms with Crippen LogP contribution in [0.3, 0.4) is 0 Å². The van der Waals surface area contributed by atoms with Crippen molar-refractivity contribution in [3.8, 4) is 0 Å². The molecule has 1 unspecified atom stereocenters. The second-order valence-corrected chi connectivity index (χ2v) is 4.18. The van der Waals surface area contributed by atoms with Crippen LogP contribution in [0.25, 0.3) is 0 Å². The summed E-state index contributed by atoms with van der Waals surface area (Å²) in [7, 11) is 0. The van der Waals surface area contributed by atoms with Crippen LogP contribution >= 0.6 is 0 Å². The van der Waals surface area contributed by atoms with Gasteiger partial charge < -0.3 is 5.11 Å². The first kappa shape index (κ1) is 11.8. The Morgan fingerprint density at radius 1 is 1.33 bits per heavy atom. The number of rotatable bonds is 4. The van der Waals surface area contributed by atoms with Gasteiger partial charge in [0.25, 0.3) is 0 Å². The van der Waals surface area contributed by atoms with Crippen molar-refractivity contribution < 1.29 is 9.90 Å². The number of carboxylic acids is 1. The van der Waals surface area contributed by atoms with Gasteiger partial charge in [-0.05, 0) is 42.9 Å². The summed E-state index contributed by atoms with van der Waals surface area (Å²) in [6.45, 7) is 6.25. The van der Waals surface area contributed by atoms with Gasteiger partial charge in [0.1, 0.15) is 0 Å². The largest absolute Gasteiger partial charge is 0.481 e. The topological polar surface area (TPSA) is 37.3 Å². The standard InChI is InChI=1S/C13H18O2/c1-9-4-6-12(8-11(9)3)10(2)5-7-13(14)15/h4,6,8,10H,5,7H2,1-3H3,(H,14,15). The van der Waals surface area contributed by atoms with Crippen LogP contribution in [-0.4, -0.2) is 11.1 Å². The smallest absolute Gasteiger partial charge is 0.303 e. The first-order chi connectivity index (χ1) is 7.00. The van der Waals surface area contributed by atoms with Crippen molar-refractivity contribution in [2.24, 2.45) is 0 Å². The highest BCUT2D eigenvalue weighted by Crippen LogP contribution is 2.22. The first-order valence-corrected chi connectivity index (χ1v) is 5.29. The average Bonchev–Trinajstić information content (AvgIpc) is 2.18. The van der Waals surface area contributed by atoms with Gasteiger partial charge in [-0.25, -0.2) is 0 Å². The monoisotopic (exact) mass is 206 g/mol. The lowest BCUT2D eigenvalue weighted by Crippen LogP contribution is -2.00. The van der Waals surface area contributed by atoms with Gasteiger partial charge in [-0.3, -0.25) is 4.79 Å². The Labute approximate surface area is 90.9 Å². The summed E-state index contributed by atoms with van der Waals surface area (Å²) in [6.07, 6.45) is 0.950. The van der Waals surface area contributed by atoms with Gasteiger partial charge in [-0.1, -0.05) is 25.1 Å². The van der Waals surface area contributed by atoms with Gasteiger partial charge in [-0.15, -0.1) is 0 Å². The number of carbonyl (C=O) groups is 1. The summed E-state index contributed by atoms with van der Waals surface area (Å²) in [5, 5.41) is 8.61. The molecule has 1 N–H and O–H groups in total. The second-order valence-electron chi connectivity index (χ2n) is 4.18. The lowest BCUT2D eigenvalue weighted by molar-refractivity contribution is -0.137. The van der Waals surface area contributed by atoms with E-state index in [2.05, 4.69) is 39.0 Å². The van der Waals surface area contributed by atoms with Gasteiger partial charge >= 0.3 is 5.97 Å². The maximum Gasteiger partial charge on any atom is 0.303 e. The highest BCUT2D eigenvalue weighted by molar-refractivity contribution is 5.66. The molecule has 0 fully saturated rings. The van der Waals surface area contributed by atoms with E-state index in [-0.39, 0.29) is 6.42 Å². The molecule has 0 aliphatic rings.